The van der Waals surface area contributed by atoms with Gasteiger partial charge in [-0.1, -0.05) is 6.07 Å². The van der Waals surface area contributed by atoms with Crippen LogP contribution in [0.5, 0.6) is 0 Å². The van der Waals surface area contributed by atoms with Gasteiger partial charge in [0.1, 0.15) is 6.54 Å². The van der Waals surface area contributed by atoms with Crippen molar-refractivity contribution in [2.45, 2.75) is 46.0 Å². The summed E-state index contributed by atoms with van der Waals surface area (Å²) in [6.45, 7) is 7.95. The van der Waals surface area contributed by atoms with Gasteiger partial charge in [0, 0.05) is 23.1 Å². The standard InChI is InChI=1S/C15H22BrF3N2/c1-5-21(10-15(17,18)19)13-7-6-11(8-12(13)16)9-20-14(2,3)4/h6-8,20H,5,9-10H2,1-4H3. The van der Waals surface area contributed by atoms with E-state index in [2.05, 4.69) is 42.0 Å². The van der Waals surface area contributed by atoms with Crippen LogP contribution in [0.2, 0.25) is 0 Å². The highest BCUT2D eigenvalue weighted by Crippen LogP contribution is 2.30. The summed E-state index contributed by atoms with van der Waals surface area (Å²) in [5.74, 6) is 0. The highest BCUT2D eigenvalue weighted by Gasteiger charge is 2.30. The molecule has 1 N–H and O–H groups in total. The molecule has 6 heteroatoms. The second-order valence-corrected chi connectivity index (χ2v) is 6.87. The van der Waals surface area contributed by atoms with Crippen molar-refractivity contribution in [2.24, 2.45) is 0 Å². The summed E-state index contributed by atoms with van der Waals surface area (Å²) in [6, 6.07) is 5.46. The Kier molecular flexibility index (Phi) is 6.11. The fourth-order valence-electron chi connectivity index (χ4n) is 1.87. The van der Waals surface area contributed by atoms with Crippen LogP contribution in [0.1, 0.15) is 33.3 Å². The Labute approximate surface area is 132 Å². The van der Waals surface area contributed by atoms with Crippen LogP contribution in [-0.4, -0.2) is 24.8 Å². The lowest BCUT2D eigenvalue weighted by molar-refractivity contribution is -0.119. The van der Waals surface area contributed by atoms with Gasteiger partial charge >= 0.3 is 6.18 Å². The summed E-state index contributed by atoms with van der Waals surface area (Å²) in [6.07, 6.45) is -4.21. The molecule has 0 bridgehead atoms. The van der Waals surface area contributed by atoms with E-state index in [1.807, 2.05) is 12.1 Å². The van der Waals surface area contributed by atoms with Gasteiger partial charge in [-0.2, -0.15) is 13.2 Å². The minimum atomic E-state index is -4.21. The molecular formula is C15H22BrF3N2. The van der Waals surface area contributed by atoms with E-state index in [1.165, 1.54) is 4.90 Å². The van der Waals surface area contributed by atoms with E-state index >= 15 is 0 Å². The van der Waals surface area contributed by atoms with Crippen molar-refractivity contribution in [3.05, 3.63) is 28.2 Å². The molecule has 2 nitrogen and oxygen atoms in total. The first-order chi connectivity index (χ1) is 9.52. The Hall–Kier alpha value is -0.750. The monoisotopic (exact) mass is 366 g/mol. The maximum atomic E-state index is 12.6. The lowest BCUT2D eigenvalue weighted by atomic mass is 10.1. The third-order valence-electron chi connectivity index (χ3n) is 2.93. The normalized spacial score (nSPS) is 12.6. The van der Waals surface area contributed by atoms with E-state index in [-0.39, 0.29) is 5.54 Å². The predicted octanol–water partition coefficient (Wildman–Crippen LogP) is 4.73. The number of nitrogens with one attached hydrogen (secondary N) is 1. The number of benzene rings is 1. The number of anilines is 1. The molecule has 0 radical (unpaired) electrons. The summed E-state index contributed by atoms with van der Waals surface area (Å²) < 4.78 is 38.4. The SMILES string of the molecule is CCN(CC(F)(F)F)c1ccc(CNC(C)(C)C)cc1Br. The summed E-state index contributed by atoms with van der Waals surface area (Å²) in [7, 11) is 0. The van der Waals surface area contributed by atoms with Crippen LogP contribution in [0.4, 0.5) is 18.9 Å². The maximum absolute atomic E-state index is 12.6. The van der Waals surface area contributed by atoms with E-state index in [0.29, 0.717) is 23.2 Å². The molecule has 1 aromatic rings. The smallest absolute Gasteiger partial charge is 0.362 e. The maximum Gasteiger partial charge on any atom is 0.405 e. The van der Waals surface area contributed by atoms with Gasteiger partial charge in [0.25, 0.3) is 0 Å². The molecule has 0 heterocycles. The van der Waals surface area contributed by atoms with Crippen LogP contribution in [0.25, 0.3) is 0 Å². The van der Waals surface area contributed by atoms with Crippen molar-refractivity contribution in [2.75, 3.05) is 18.0 Å². The van der Waals surface area contributed by atoms with Crippen molar-refractivity contribution < 1.29 is 13.2 Å². The van der Waals surface area contributed by atoms with Gasteiger partial charge < -0.3 is 10.2 Å². The third-order valence-corrected chi connectivity index (χ3v) is 3.56. The van der Waals surface area contributed by atoms with E-state index in [0.717, 1.165) is 5.56 Å². The lowest BCUT2D eigenvalue weighted by Crippen LogP contribution is -2.35. The minimum absolute atomic E-state index is 0.00309. The average molecular weight is 367 g/mol. The van der Waals surface area contributed by atoms with Gasteiger partial charge in [0.2, 0.25) is 0 Å². The van der Waals surface area contributed by atoms with Gasteiger partial charge in [0.15, 0.2) is 0 Å². The first kappa shape index (κ1) is 18.3. The van der Waals surface area contributed by atoms with Gasteiger partial charge in [-0.3, -0.25) is 0 Å². The van der Waals surface area contributed by atoms with Crippen molar-refractivity contribution in [1.82, 2.24) is 5.32 Å². The van der Waals surface area contributed by atoms with Gasteiger partial charge in [-0.15, -0.1) is 0 Å². The Bertz CT molecular complexity index is 467. The molecule has 0 spiro atoms. The minimum Gasteiger partial charge on any atom is -0.362 e. The molecule has 0 fully saturated rings. The first-order valence-electron chi connectivity index (χ1n) is 6.87. The molecule has 21 heavy (non-hydrogen) atoms. The summed E-state index contributed by atoms with van der Waals surface area (Å²) in [5, 5.41) is 3.35. The molecule has 1 aromatic carbocycles. The Balaban J connectivity index is 2.86. The number of hydrogen-bond donors (Lipinski definition) is 1. The number of halogens is 4. The quantitative estimate of drug-likeness (QED) is 0.810. The summed E-state index contributed by atoms with van der Waals surface area (Å²) >= 11 is 3.38. The lowest BCUT2D eigenvalue weighted by Gasteiger charge is -2.26. The van der Waals surface area contributed by atoms with Crippen molar-refractivity contribution in [3.8, 4) is 0 Å². The zero-order valence-electron chi connectivity index (χ0n) is 12.8. The average Bonchev–Trinajstić information content (AvgIpc) is 2.32. The van der Waals surface area contributed by atoms with Crippen LogP contribution >= 0.6 is 15.9 Å². The van der Waals surface area contributed by atoms with Crippen LogP contribution in [0.3, 0.4) is 0 Å². The topological polar surface area (TPSA) is 15.3 Å². The van der Waals surface area contributed by atoms with Crippen molar-refractivity contribution in [3.63, 3.8) is 0 Å². The molecule has 0 unspecified atom stereocenters. The van der Waals surface area contributed by atoms with Gasteiger partial charge in [-0.25, -0.2) is 0 Å². The largest absolute Gasteiger partial charge is 0.405 e. The molecule has 0 saturated carbocycles. The second kappa shape index (κ2) is 7.01. The predicted molar refractivity (Wildman–Crippen MR) is 84.7 cm³/mol. The molecule has 1 rings (SSSR count). The van der Waals surface area contributed by atoms with E-state index < -0.39 is 12.7 Å². The van der Waals surface area contributed by atoms with Crippen LogP contribution in [0, 0.1) is 0 Å². The fraction of sp³-hybridized carbons (Fsp3) is 0.600. The summed E-state index contributed by atoms with van der Waals surface area (Å²) in [4.78, 5) is 1.31. The van der Waals surface area contributed by atoms with Crippen molar-refractivity contribution >= 4 is 21.6 Å². The zero-order valence-corrected chi connectivity index (χ0v) is 14.4. The van der Waals surface area contributed by atoms with Gasteiger partial charge in [-0.05, 0) is 61.3 Å². The Morgan fingerprint density at radius 3 is 2.24 bits per heavy atom. The molecule has 0 aromatic heterocycles. The number of alkyl halides is 3. The zero-order chi connectivity index (χ0) is 16.3. The number of nitrogens with zero attached hydrogens (tertiary/aromatic N) is 1. The molecule has 120 valence electrons. The molecule has 0 amide bonds. The highest BCUT2D eigenvalue weighted by molar-refractivity contribution is 9.10. The second-order valence-electron chi connectivity index (χ2n) is 6.02. The van der Waals surface area contributed by atoms with Gasteiger partial charge in [0.05, 0.1) is 5.69 Å². The van der Waals surface area contributed by atoms with E-state index in [4.69, 9.17) is 0 Å². The third kappa shape index (κ3) is 6.70. The molecule has 0 aliphatic rings. The van der Waals surface area contributed by atoms with Crippen molar-refractivity contribution in [1.29, 1.82) is 0 Å². The van der Waals surface area contributed by atoms with Crippen LogP contribution in [-0.2, 0) is 6.54 Å². The number of rotatable bonds is 5. The molecule has 0 aliphatic heterocycles. The summed E-state index contributed by atoms with van der Waals surface area (Å²) in [5.41, 5.74) is 1.59. The molecule has 0 aliphatic carbocycles. The Morgan fingerprint density at radius 1 is 1.19 bits per heavy atom. The van der Waals surface area contributed by atoms with Crippen LogP contribution in [0.15, 0.2) is 22.7 Å². The fourth-order valence-corrected chi connectivity index (χ4v) is 2.54. The van der Waals surface area contributed by atoms with Crippen LogP contribution < -0.4 is 10.2 Å². The number of hydrogen-bond acceptors (Lipinski definition) is 2. The van der Waals surface area contributed by atoms with E-state index in [9.17, 15) is 13.2 Å². The highest BCUT2D eigenvalue weighted by atomic mass is 79.9. The molecule has 0 saturated heterocycles. The Morgan fingerprint density at radius 2 is 1.81 bits per heavy atom. The first-order valence-corrected chi connectivity index (χ1v) is 7.66. The van der Waals surface area contributed by atoms with E-state index in [1.54, 1.807) is 13.0 Å². The molecular weight excluding hydrogens is 345 g/mol. The molecule has 0 atom stereocenters.